The first-order valence-electron chi connectivity index (χ1n) is 7.08. The molecule has 0 amide bonds. The smallest absolute Gasteiger partial charge is 0.328 e. The third kappa shape index (κ3) is 4.07. The third-order valence-electron chi connectivity index (χ3n) is 4.38. The minimum absolute atomic E-state index is 0.0389. The second-order valence-corrected chi connectivity index (χ2v) is 6.80. The zero-order valence-corrected chi connectivity index (χ0v) is 13.8. The van der Waals surface area contributed by atoms with Crippen LogP contribution in [0.4, 0.5) is 0 Å². The molecule has 3 heterocycles. The molecule has 2 saturated heterocycles. The number of aliphatic carboxylic acids is 2. The van der Waals surface area contributed by atoms with Gasteiger partial charge in [-0.1, -0.05) is 5.16 Å². The van der Waals surface area contributed by atoms with E-state index >= 15 is 0 Å². The predicted molar refractivity (Wildman–Crippen MR) is 83.0 cm³/mol. The Bertz CT molecular complexity index is 489. The lowest BCUT2D eigenvalue weighted by molar-refractivity contribution is -0.134. The minimum Gasteiger partial charge on any atom is -0.478 e. The molecule has 2 N–H and O–H groups in total. The molecule has 22 heavy (non-hydrogen) atoms. The molecular weight excluding hydrogens is 356 g/mol. The molecule has 1 unspecified atom stereocenters. The number of piperidine rings is 1. The summed E-state index contributed by atoms with van der Waals surface area (Å²) in [6.07, 6.45) is 7.07. The second kappa shape index (κ2) is 6.78. The molecule has 0 aromatic carbocycles. The second-order valence-electron chi connectivity index (χ2n) is 5.89. The van der Waals surface area contributed by atoms with Gasteiger partial charge in [0.25, 0.3) is 0 Å². The summed E-state index contributed by atoms with van der Waals surface area (Å²) in [5.41, 5.74) is 0.0389. The van der Waals surface area contributed by atoms with Gasteiger partial charge in [0.05, 0.1) is 0 Å². The fraction of sp³-hybridized carbons (Fsp3) is 0.643. The summed E-state index contributed by atoms with van der Waals surface area (Å²) in [6, 6.07) is 1.45. The van der Waals surface area contributed by atoms with Crippen molar-refractivity contribution >= 4 is 32.5 Å². The Morgan fingerprint density at radius 1 is 1.27 bits per heavy atom. The number of hydrogen-bond acceptors (Lipinski definition) is 5. The molecule has 0 saturated carbocycles. The van der Waals surface area contributed by atoms with E-state index in [1.807, 2.05) is 0 Å². The molecule has 1 spiro atoms. The van der Waals surface area contributed by atoms with Crippen LogP contribution in [0.5, 0.6) is 0 Å². The first kappa shape index (κ1) is 17.0. The summed E-state index contributed by atoms with van der Waals surface area (Å²) in [4.78, 5) is 27.3. The highest BCUT2D eigenvalue weighted by Crippen LogP contribution is 2.45. The number of carboxylic acid groups (broad SMARTS) is 2. The summed E-state index contributed by atoms with van der Waals surface area (Å²) in [5.74, 6) is -2.51. The van der Waals surface area contributed by atoms with E-state index in [-0.39, 0.29) is 5.60 Å². The number of carboxylic acids is 2. The molecule has 3 aliphatic rings. The molecule has 2 bridgehead atoms. The van der Waals surface area contributed by atoms with Crippen LogP contribution in [-0.4, -0.2) is 56.4 Å². The Morgan fingerprint density at radius 2 is 1.77 bits per heavy atom. The van der Waals surface area contributed by atoms with Gasteiger partial charge in [-0.05, 0) is 35.8 Å². The number of halogens is 1. The van der Waals surface area contributed by atoms with E-state index in [1.165, 1.54) is 12.8 Å². The van der Waals surface area contributed by atoms with E-state index in [2.05, 4.69) is 33.0 Å². The maximum Gasteiger partial charge on any atom is 0.328 e. The van der Waals surface area contributed by atoms with Gasteiger partial charge in [-0.2, -0.15) is 0 Å². The molecule has 3 atom stereocenters. The van der Waals surface area contributed by atoms with Crippen LogP contribution in [0.3, 0.4) is 0 Å². The Morgan fingerprint density at radius 3 is 2.14 bits per heavy atom. The predicted octanol–water partition coefficient (Wildman–Crippen LogP) is 1.82. The maximum absolute atomic E-state index is 9.55. The van der Waals surface area contributed by atoms with Crippen molar-refractivity contribution in [2.45, 2.75) is 49.8 Å². The van der Waals surface area contributed by atoms with Crippen molar-refractivity contribution in [1.82, 2.24) is 4.90 Å². The normalized spacial score (nSPS) is 33.3. The van der Waals surface area contributed by atoms with Gasteiger partial charge in [0, 0.05) is 43.5 Å². The van der Waals surface area contributed by atoms with E-state index < -0.39 is 11.9 Å². The summed E-state index contributed by atoms with van der Waals surface area (Å²) >= 11 is 3.44. The molecular formula is C14H19BrN2O5. The van der Waals surface area contributed by atoms with Crippen LogP contribution in [-0.2, 0) is 14.4 Å². The molecule has 3 aliphatic heterocycles. The summed E-state index contributed by atoms with van der Waals surface area (Å²) in [5, 5.41) is 19.7. The van der Waals surface area contributed by atoms with Crippen LogP contribution >= 0.6 is 15.9 Å². The van der Waals surface area contributed by atoms with Crippen molar-refractivity contribution in [3.63, 3.8) is 0 Å². The van der Waals surface area contributed by atoms with Gasteiger partial charge in [0.1, 0.15) is 10.2 Å². The van der Waals surface area contributed by atoms with Gasteiger partial charge >= 0.3 is 11.9 Å². The zero-order valence-electron chi connectivity index (χ0n) is 12.2. The zero-order chi connectivity index (χ0) is 16.3. The minimum atomic E-state index is -1.26. The molecule has 122 valence electrons. The fourth-order valence-corrected chi connectivity index (χ4v) is 3.95. The third-order valence-corrected chi connectivity index (χ3v) is 4.80. The van der Waals surface area contributed by atoms with Crippen LogP contribution < -0.4 is 0 Å². The standard InChI is InChI=1S/C10H15BrN2O.C4H4O4/c1-13-7-2-3-8(13)5-10(4-7)6-9(11)12-14-10;5-3(6)1-2-4(7)8/h7-8H,2-6H2,1H3;1-2H,(H,5,6)(H,7,8)/b;2-1+/t7-,8+,10?;. The van der Waals surface area contributed by atoms with Crippen molar-refractivity contribution in [2.24, 2.45) is 5.16 Å². The van der Waals surface area contributed by atoms with Crippen LogP contribution in [0, 0.1) is 0 Å². The average Bonchev–Trinajstić information content (AvgIpc) is 2.87. The van der Waals surface area contributed by atoms with Crippen molar-refractivity contribution in [3.8, 4) is 0 Å². The van der Waals surface area contributed by atoms with Gasteiger partial charge in [-0.3, -0.25) is 0 Å². The molecule has 0 radical (unpaired) electrons. The van der Waals surface area contributed by atoms with Crippen LogP contribution in [0.2, 0.25) is 0 Å². The molecule has 0 aliphatic carbocycles. The highest BCUT2D eigenvalue weighted by molar-refractivity contribution is 9.18. The Labute approximate surface area is 136 Å². The van der Waals surface area contributed by atoms with E-state index in [0.717, 1.165) is 36.0 Å². The number of rotatable bonds is 2. The van der Waals surface area contributed by atoms with Crippen LogP contribution in [0.15, 0.2) is 17.3 Å². The molecule has 7 nitrogen and oxygen atoms in total. The van der Waals surface area contributed by atoms with Crippen LogP contribution in [0.25, 0.3) is 0 Å². The van der Waals surface area contributed by atoms with Crippen molar-refractivity contribution < 1.29 is 24.6 Å². The average molecular weight is 375 g/mol. The van der Waals surface area contributed by atoms with E-state index in [9.17, 15) is 9.59 Å². The lowest BCUT2D eigenvalue weighted by atomic mass is 9.84. The monoisotopic (exact) mass is 374 g/mol. The number of hydrogen-bond donors (Lipinski definition) is 2. The molecule has 2 fully saturated rings. The summed E-state index contributed by atoms with van der Waals surface area (Å²) < 4.78 is 0.987. The number of fused-ring (bicyclic) bond motifs is 2. The Hall–Kier alpha value is -1.41. The van der Waals surface area contributed by atoms with Gasteiger partial charge < -0.3 is 20.0 Å². The largest absolute Gasteiger partial charge is 0.478 e. The first-order valence-corrected chi connectivity index (χ1v) is 7.87. The van der Waals surface area contributed by atoms with E-state index in [0.29, 0.717) is 12.2 Å². The van der Waals surface area contributed by atoms with E-state index in [4.69, 9.17) is 15.1 Å². The number of oxime groups is 1. The molecule has 0 aromatic rings. The maximum atomic E-state index is 9.55. The van der Waals surface area contributed by atoms with Crippen molar-refractivity contribution in [2.75, 3.05) is 7.05 Å². The fourth-order valence-electron chi connectivity index (χ4n) is 3.36. The van der Waals surface area contributed by atoms with Gasteiger partial charge in [0.15, 0.2) is 0 Å². The quantitative estimate of drug-likeness (QED) is 0.715. The number of nitrogens with zero attached hydrogens (tertiary/aromatic N) is 2. The summed E-state index contributed by atoms with van der Waals surface area (Å²) in [7, 11) is 2.25. The van der Waals surface area contributed by atoms with Gasteiger partial charge in [-0.25, -0.2) is 9.59 Å². The molecule has 3 rings (SSSR count). The molecule has 0 aromatic heterocycles. The lowest BCUT2D eigenvalue weighted by Crippen LogP contribution is -2.49. The number of carbonyl (C=O) groups is 2. The highest BCUT2D eigenvalue weighted by atomic mass is 79.9. The Balaban J connectivity index is 0.000000192. The van der Waals surface area contributed by atoms with Crippen molar-refractivity contribution in [3.05, 3.63) is 12.2 Å². The van der Waals surface area contributed by atoms with E-state index in [1.54, 1.807) is 0 Å². The Kier molecular flexibility index (Phi) is 5.23. The topological polar surface area (TPSA) is 99.4 Å². The van der Waals surface area contributed by atoms with Gasteiger partial charge in [-0.15, -0.1) is 0 Å². The van der Waals surface area contributed by atoms with Crippen LogP contribution in [0.1, 0.15) is 32.1 Å². The first-order chi connectivity index (χ1) is 10.3. The SMILES string of the molecule is CN1[C@@H]2CC[C@H]1CC1(CC(Br)=NO1)C2.O=C(O)/C=C/C(=O)O. The highest BCUT2D eigenvalue weighted by Gasteiger charge is 2.51. The molecule has 8 heteroatoms. The lowest BCUT2D eigenvalue weighted by Gasteiger charge is -2.41. The van der Waals surface area contributed by atoms with Gasteiger partial charge in [0.2, 0.25) is 0 Å². The van der Waals surface area contributed by atoms with Crippen molar-refractivity contribution in [1.29, 1.82) is 0 Å². The summed E-state index contributed by atoms with van der Waals surface area (Å²) in [6.45, 7) is 0.